The van der Waals surface area contributed by atoms with Gasteiger partial charge in [-0.05, 0) is 24.3 Å². The van der Waals surface area contributed by atoms with E-state index >= 15 is 0 Å². The lowest BCUT2D eigenvalue weighted by Crippen LogP contribution is -2.29. The van der Waals surface area contributed by atoms with Crippen molar-refractivity contribution in [2.75, 3.05) is 31.0 Å². The highest BCUT2D eigenvalue weighted by Gasteiger charge is 2.37. The first kappa shape index (κ1) is 22.5. The Balaban J connectivity index is 1.35. The van der Waals surface area contributed by atoms with Crippen molar-refractivity contribution in [2.24, 2.45) is 5.92 Å². The Kier molecular flexibility index (Phi) is 5.91. The van der Waals surface area contributed by atoms with Gasteiger partial charge in [0.05, 0.1) is 37.1 Å². The molecule has 1 atom stereocenters. The number of methoxy groups -OCH3 is 2. The zero-order valence-corrected chi connectivity index (χ0v) is 19.7. The number of rotatable bonds is 6. The number of esters is 1. The summed E-state index contributed by atoms with van der Waals surface area (Å²) >= 11 is 1.39. The maximum Gasteiger partial charge on any atom is 0.339 e. The molecule has 0 radical (unpaired) electrons. The number of aromatic nitrogens is 3. The van der Waals surface area contributed by atoms with Crippen LogP contribution in [0.2, 0.25) is 0 Å². The summed E-state index contributed by atoms with van der Waals surface area (Å²) < 4.78 is 11.9. The van der Waals surface area contributed by atoms with E-state index in [0.717, 1.165) is 11.3 Å². The first-order valence-electron chi connectivity index (χ1n) is 10.8. The van der Waals surface area contributed by atoms with Crippen LogP contribution in [0.3, 0.4) is 0 Å². The molecule has 3 heterocycles. The molecule has 0 bridgehead atoms. The van der Waals surface area contributed by atoms with Crippen molar-refractivity contribution < 1.29 is 23.9 Å². The molecule has 4 aromatic rings. The van der Waals surface area contributed by atoms with E-state index in [-0.39, 0.29) is 36.3 Å². The number of nitrogens with zero attached hydrogens (tertiary/aromatic N) is 4. The van der Waals surface area contributed by atoms with Gasteiger partial charge < -0.3 is 14.4 Å². The van der Waals surface area contributed by atoms with Crippen LogP contribution in [-0.2, 0) is 14.3 Å². The molecule has 1 unspecified atom stereocenters. The Bertz CT molecular complexity index is 1450. The molecule has 0 spiro atoms. The first-order valence-corrected chi connectivity index (χ1v) is 11.6. The lowest BCUT2D eigenvalue weighted by molar-refractivity contribution is -0.122. The summed E-state index contributed by atoms with van der Waals surface area (Å²) in [7, 11) is 2.88. The number of para-hydroxylation sites is 2. The van der Waals surface area contributed by atoms with Crippen LogP contribution < -0.4 is 15.0 Å². The number of carbonyl (C=O) groups is 3. The molecule has 11 heteroatoms. The second kappa shape index (κ2) is 9.18. The fourth-order valence-electron chi connectivity index (χ4n) is 4.10. The number of hydrogen-bond acceptors (Lipinski definition) is 8. The molecule has 2 aromatic carbocycles. The van der Waals surface area contributed by atoms with E-state index in [1.807, 2.05) is 29.6 Å². The molecule has 5 rings (SSSR count). The van der Waals surface area contributed by atoms with Gasteiger partial charge in [0, 0.05) is 23.9 Å². The minimum atomic E-state index is -0.622. The topological polar surface area (TPSA) is 115 Å². The van der Waals surface area contributed by atoms with Crippen LogP contribution in [0.1, 0.15) is 16.8 Å². The van der Waals surface area contributed by atoms with Crippen LogP contribution in [-0.4, -0.2) is 53.1 Å². The van der Waals surface area contributed by atoms with Crippen LogP contribution >= 0.6 is 11.3 Å². The summed E-state index contributed by atoms with van der Waals surface area (Å²) in [6, 6.07) is 14.2. The standard InChI is InChI=1S/C24H21N5O5S/c1-33-19-10-6-4-7-15(19)18-13-35-24-26-23(27-29(18)24)25-21(31)14-11-20(30)28(12-14)17-9-5-3-8-16(17)22(32)34-2/h3-10,13-14H,11-12H2,1-2H3,(H,25,27,31). The Hall–Kier alpha value is -4.25. The number of thiazole rings is 1. The van der Waals surface area contributed by atoms with Gasteiger partial charge in [-0.2, -0.15) is 4.98 Å². The molecule has 1 aliphatic rings. The molecule has 1 N–H and O–H groups in total. The van der Waals surface area contributed by atoms with Crippen LogP contribution in [0.5, 0.6) is 5.75 Å². The number of carbonyl (C=O) groups excluding carboxylic acids is 3. The van der Waals surface area contributed by atoms with E-state index in [2.05, 4.69) is 15.4 Å². The summed E-state index contributed by atoms with van der Waals surface area (Å²) in [6.07, 6.45) is 0.00994. The predicted molar refractivity (Wildman–Crippen MR) is 130 cm³/mol. The molecule has 1 aliphatic heterocycles. The Morgan fingerprint density at radius 2 is 1.89 bits per heavy atom. The Labute approximate surface area is 204 Å². The van der Waals surface area contributed by atoms with E-state index in [4.69, 9.17) is 9.47 Å². The second-order valence-electron chi connectivity index (χ2n) is 7.85. The van der Waals surface area contributed by atoms with Gasteiger partial charge in [-0.25, -0.2) is 9.31 Å². The average molecular weight is 492 g/mol. The number of ether oxygens (including phenoxy) is 2. The number of nitrogens with one attached hydrogen (secondary N) is 1. The maximum atomic E-state index is 13.0. The van der Waals surface area contributed by atoms with Crippen molar-refractivity contribution in [3.05, 3.63) is 59.5 Å². The van der Waals surface area contributed by atoms with Crippen molar-refractivity contribution in [2.45, 2.75) is 6.42 Å². The lowest BCUT2D eigenvalue weighted by atomic mass is 10.1. The highest BCUT2D eigenvalue weighted by Crippen LogP contribution is 2.33. The molecule has 2 aromatic heterocycles. The smallest absolute Gasteiger partial charge is 0.339 e. The fourth-order valence-corrected chi connectivity index (χ4v) is 4.92. The van der Waals surface area contributed by atoms with E-state index in [1.165, 1.54) is 23.3 Å². The third-order valence-electron chi connectivity index (χ3n) is 5.80. The molecule has 1 saturated heterocycles. The zero-order chi connectivity index (χ0) is 24.5. The third kappa shape index (κ3) is 4.10. The van der Waals surface area contributed by atoms with E-state index in [1.54, 1.807) is 35.9 Å². The van der Waals surface area contributed by atoms with Gasteiger partial charge in [0.25, 0.3) is 0 Å². The molecule has 0 saturated carbocycles. The summed E-state index contributed by atoms with van der Waals surface area (Å²) in [4.78, 5) is 44.3. The van der Waals surface area contributed by atoms with E-state index in [0.29, 0.717) is 16.4 Å². The van der Waals surface area contributed by atoms with Crippen molar-refractivity contribution in [3.63, 3.8) is 0 Å². The molecule has 0 aliphatic carbocycles. The predicted octanol–water partition coefficient (Wildman–Crippen LogP) is 3.24. The van der Waals surface area contributed by atoms with Gasteiger partial charge >= 0.3 is 5.97 Å². The molecule has 178 valence electrons. The van der Waals surface area contributed by atoms with Crippen LogP contribution in [0, 0.1) is 5.92 Å². The van der Waals surface area contributed by atoms with Crippen molar-refractivity contribution in [1.82, 2.24) is 14.6 Å². The Morgan fingerprint density at radius 3 is 2.69 bits per heavy atom. The largest absolute Gasteiger partial charge is 0.496 e. The van der Waals surface area contributed by atoms with Gasteiger partial charge in [0.2, 0.25) is 22.7 Å². The van der Waals surface area contributed by atoms with Gasteiger partial charge in [-0.3, -0.25) is 14.9 Å². The lowest BCUT2D eigenvalue weighted by Gasteiger charge is -2.19. The summed E-state index contributed by atoms with van der Waals surface area (Å²) in [5.41, 5.74) is 2.33. The van der Waals surface area contributed by atoms with Crippen LogP contribution in [0.4, 0.5) is 11.6 Å². The number of anilines is 2. The molecule has 1 fully saturated rings. The van der Waals surface area contributed by atoms with Gasteiger partial charge in [-0.1, -0.05) is 24.3 Å². The molecule has 10 nitrogen and oxygen atoms in total. The zero-order valence-electron chi connectivity index (χ0n) is 18.9. The first-order chi connectivity index (χ1) is 17.0. The number of amides is 2. The van der Waals surface area contributed by atoms with Crippen molar-refractivity contribution >= 4 is 45.7 Å². The average Bonchev–Trinajstić information content (AvgIpc) is 3.57. The van der Waals surface area contributed by atoms with Crippen molar-refractivity contribution in [3.8, 4) is 17.0 Å². The van der Waals surface area contributed by atoms with E-state index < -0.39 is 11.9 Å². The number of fused-ring (bicyclic) bond motifs is 1. The van der Waals surface area contributed by atoms with Crippen LogP contribution in [0.15, 0.2) is 53.9 Å². The van der Waals surface area contributed by atoms with E-state index in [9.17, 15) is 14.4 Å². The van der Waals surface area contributed by atoms with Crippen LogP contribution in [0.25, 0.3) is 16.2 Å². The van der Waals surface area contributed by atoms with Gasteiger partial charge in [0.15, 0.2) is 0 Å². The fraction of sp³-hybridized carbons (Fsp3) is 0.208. The quantitative estimate of drug-likeness (QED) is 0.412. The summed E-state index contributed by atoms with van der Waals surface area (Å²) in [5.74, 6) is -0.936. The number of benzene rings is 2. The van der Waals surface area contributed by atoms with Crippen molar-refractivity contribution in [1.29, 1.82) is 0 Å². The minimum Gasteiger partial charge on any atom is -0.496 e. The highest BCUT2D eigenvalue weighted by atomic mass is 32.1. The highest BCUT2D eigenvalue weighted by molar-refractivity contribution is 7.15. The molecular weight excluding hydrogens is 470 g/mol. The van der Waals surface area contributed by atoms with Gasteiger partial charge in [0.1, 0.15) is 5.75 Å². The summed E-state index contributed by atoms with van der Waals surface area (Å²) in [6.45, 7) is 0.132. The normalized spacial score (nSPS) is 15.4. The molecular formula is C24H21N5O5S. The minimum absolute atomic E-state index is 0.00994. The molecule has 2 amide bonds. The SMILES string of the molecule is COC(=O)c1ccccc1N1CC(C(=O)Nc2nc3scc(-c4ccccc4OC)n3n2)CC1=O. The second-order valence-corrected chi connectivity index (χ2v) is 8.69. The monoisotopic (exact) mass is 491 g/mol. The number of hydrogen-bond donors (Lipinski definition) is 1. The van der Waals surface area contributed by atoms with Gasteiger partial charge in [-0.15, -0.1) is 16.4 Å². The maximum absolute atomic E-state index is 13.0. The Morgan fingerprint density at radius 1 is 1.11 bits per heavy atom. The summed E-state index contributed by atoms with van der Waals surface area (Å²) in [5, 5.41) is 9.10. The third-order valence-corrected chi connectivity index (χ3v) is 6.61. The molecule has 35 heavy (non-hydrogen) atoms.